The molecular formula is C11H6F3NO2. The monoisotopic (exact) mass is 241 g/mol. The molecule has 0 aliphatic heterocycles. The number of ether oxygens (including phenoxy) is 1. The number of pyridine rings is 1. The largest absolute Gasteiger partial charge is 0.575 e. The summed E-state index contributed by atoms with van der Waals surface area (Å²) in [5.74, 6) is -1.46. The lowest BCUT2D eigenvalue weighted by atomic mass is 10.2. The molecule has 2 aromatic rings. The fourth-order valence-electron chi connectivity index (χ4n) is 1.35. The predicted octanol–water partition coefficient (Wildman–Crippen LogP) is 2.91. The summed E-state index contributed by atoms with van der Waals surface area (Å²) in [6.45, 7) is 0. The Balaban J connectivity index is 2.33. The molecule has 0 aliphatic carbocycles. The van der Waals surface area contributed by atoms with E-state index in [1.165, 1.54) is 6.07 Å². The maximum atomic E-state index is 11.8. The molecule has 88 valence electrons. The van der Waals surface area contributed by atoms with E-state index in [-0.39, 0.29) is 5.56 Å². The number of benzene rings is 1. The zero-order valence-electron chi connectivity index (χ0n) is 8.36. The van der Waals surface area contributed by atoms with E-state index in [1.807, 2.05) is 0 Å². The number of alkyl halides is 3. The van der Waals surface area contributed by atoms with E-state index in [0.717, 1.165) is 6.20 Å². The van der Waals surface area contributed by atoms with Gasteiger partial charge in [-0.25, -0.2) is 4.79 Å². The highest BCUT2D eigenvalue weighted by atomic mass is 19.4. The van der Waals surface area contributed by atoms with Crippen LogP contribution in [0.2, 0.25) is 0 Å². The van der Waals surface area contributed by atoms with Crippen molar-refractivity contribution in [2.45, 2.75) is 6.36 Å². The van der Waals surface area contributed by atoms with Crippen LogP contribution < -0.4 is 0 Å². The third kappa shape index (κ3) is 2.72. The van der Waals surface area contributed by atoms with Gasteiger partial charge in [0.05, 0.1) is 11.1 Å². The van der Waals surface area contributed by atoms with Gasteiger partial charge in [0.1, 0.15) is 0 Å². The molecule has 0 atom stereocenters. The van der Waals surface area contributed by atoms with Crippen molar-refractivity contribution >= 4 is 16.9 Å². The molecule has 0 fully saturated rings. The smallest absolute Gasteiger partial charge is 0.369 e. The number of fused-ring (bicyclic) bond motifs is 1. The molecule has 6 heteroatoms. The average Bonchev–Trinajstić information content (AvgIpc) is 2.26. The SMILES string of the molecule is O=C(OC(F)(F)F)c1cnc2ccccc2c1. The highest BCUT2D eigenvalue weighted by Crippen LogP contribution is 2.20. The van der Waals surface area contributed by atoms with Gasteiger partial charge in [-0.1, -0.05) is 18.2 Å². The zero-order valence-corrected chi connectivity index (χ0v) is 8.36. The molecule has 3 nitrogen and oxygen atoms in total. The normalized spacial score (nSPS) is 11.5. The third-order valence-electron chi connectivity index (χ3n) is 2.03. The van der Waals surface area contributed by atoms with Crippen LogP contribution in [0.25, 0.3) is 10.9 Å². The molecule has 0 unspecified atom stereocenters. The Bertz CT molecular complexity index is 566. The highest BCUT2D eigenvalue weighted by molar-refractivity contribution is 5.93. The fraction of sp³-hybridized carbons (Fsp3) is 0.0909. The number of rotatable bonds is 1. The molecule has 0 amide bonds. The minimum atomic E-state index is -4.98. The Morgan fingerprint density at radius 1 is 1.24 bits per heavy atom. The maximum Gasteiger partial charge on any atom is 0.575 e. The van der Waals surface area contributed by atoms with Crippen LogP contribution in [0.15, 0.2) is 36.5 Å². The van der Waals surface area contributed by atoms with Crippen molar-refractivity contribution < 1.29 is 22.7 Å². The van der Waals surface area contributed by atoms with Crippen molar-refractivity contribution in [1.29, 1.82) is 0 Å². The first-order valence-electron chi connectivity index (χ1n) is 4.60. The first-order chi connectivity index (χ1) is 7.96. The first kappa shape index (κ1) is 11.4. The molecule has 1 aromatic carbocycles. The number of hydrogen-bond acceptors (Lipinski definition) is 3. The molecule has 0 saturated carbocycles. The van der Waals surface area contributed by atoms with Gasteiger partial charge in [-0.2, -0.15) is 0 Å². The van der Waals surface area contributed by atoms with Gasteiger partial charge in [0.25, 0.3) is 0 Å². The molecular weight excluding hydrogens is 235 g/mol. The summed E-state index contributed by atoms with van der Waals surface area (Å²) < 4.78 is 38.8. The molecule has 0 N–H and O–H groups in total. The summed E-state index contributed by atoms with van der Waals surface area (Å²) >= 11 is 0. The molecule has 17 heavy (non-hydrogen) atoms. The number of halogens is 3. The Hall–Kier alpha value is -2.11. The number of esters is 1. The number of hydrogen-bond donors (Lipinski definition) is 0. The van der Waals surface area contributed by atoms with Crippen molar-refractivity contribution in [2.75, 3.05) is 0 Å². The Morgan fingerprint density at radius 2 is 1.94 bits per heavy atom. The van der Waals surface area contributed by atoms with Gasteiger partial charge in [0.2, 0.25) is 0 Å². The van der Waals surface area contributed by atoms with E-state index >= 15 is 0 Å². The molecule has 0 aliphatic rings. The molecule has 1 aromatic heterocycles. The quantitative estimate of drug-likeness (QED) is 0.720. The molecule has 0 bridgehead atoms. The molecule has 0 spiro atoms. The summed E-state index contributed by atoms with van der Waals surface area (Å²) in [6, 6.07) is 8.07. The van der Waals surface area contributed by atoms with Gasteiger partial charge in [-0.15, -0.1) is 13.2 Å². The topological polar surface area (TPSA) is 39.2 Å². The van der Waals surface area contributed by atoms with Crippen LogP contribution in [0.4, 0.5) is 13.2 Å². The second kappa shape index (κ2) is 4.04. The third-order valence-corrected chi connectivity index (χ3v) is 2.03. The summed E-state index contributed by atoms with van der Waals surface area (Å²) in [5.41, 5.74) is 0.358. The molecule has 0 saturated heterocycles. The van der Waals surface area contributed by atoms with Gasteiger partial charge < -0.3 is 4.74 Å². The summed E-state index contributed by atoms with van der Waals surface area (Å²) in [4.78, 5) is 15.0. The van der Waals surface area contributed by atoms with Crippen molar-refractivity contribution in [3.8, 4) is 0 Å². The molecule has 2 rings (SSSR count). The lowest BCUT2D eigenvalue weighted by Crippen LogP contribution is -2.19. The van der Waals surface area contributed by atoms with E-state index in [2.05, 4.69) is 9.72 Å². The lowest BCUT2D eigenvalue weighted by Gasteiger charge is -2.07. The van der Waals surface area contributed by atoms with Crippen molar-refractivity contribution in [2.24, 2.45) is 0 Å². The van der Waals surface area contributed by atoms with Crippen LogP contribution in [0, 0.1) is 0 Å². The van der Waals surface area contributed by atoms with Gasteiger partial charge in [-0.3, -0.25) is 4.98 Å². The fourth-order valence-corrected chi connectivity index (χ4v) is 1.35. The van der Waals surface area contributed by atoms with Crippen LogP contribution in [-0.4, -0.2) is 17.3 Å². The van der Waals surface area contributed by atoms with Crippen LogP contribution in [0.1, 0.15) is 10.4 Å². The zero-order chi connectivity index (χ0) is 12.5. The Labute approximate surface area is 93.8 Å². The van der Waals surface area contributed by atoms with Gasteiger partial charge in [-0.05, 0) is 12.1 Å². The Morgan fingerprint density at radius 3 is 2.65 bits per heavy atom. The number of aromatic nitrogens is 1. The van der Waals surface area contributed by atoms with Gasteiger partial charge >= 0.3 is 12.3 Å². The van der Waals surface area contributed by atoms with E-state index < -0.39 is 12.3 Å². The van der Waals surface area contributed by atoms with E-state index in [0.29, 0.717) is 10.9 Å². The number of carbonyl (C=O) groups is 1. The van der Waals surface area contributed by atoms with E-state index in [9.17, 15) is 18.0 Å². The van der Waals surface area contributed by atoms with Crippen LogP contribution in [0.3, 0.4) is 0 Å². The summed E-state index contributed by atoms with van der Waals surface area (Å²) in [5, 5.41) is 0.573. The van der Waals surface area contributed by atoms with Crippen LogP contribution >= 0.6 is 0 Å². The van der Waals surface area contributed by atoms with Crippen molar-refractivity contribution in [3.63, 3.8) is 0 Å². The highest BCUT2D eigenvalue weighted by Gasteiger charge is 2.34. The van der Waals surface area contributed by atoms with Crippen molar-refractivity contribution in [1.82, 2.24) is 4.98 Å². The van der Waals surface area contributed by atoms with Crippen molar-refractivity contribution in [3.05, 3.63) is 42.1 Å². The Kier molecular flexibility index (Phi) is 2.71. The van der Waals surface area contributed by atoms with Crippen LogP contribution in [-0.2, 0) is 4.74 Å². The second-order valence-electron chi connectivity index (χ2n) is 3.25. The lowest BCUT2D eigenvalue weighted by molar-refractivity contribution is -0.291. The van der Waals surface area contributed by atoms with Gasteiger partial charge in [0.15, 0.2) is 0 Å². The minimum absolute atomic E-state index is 0.235. The minimum Gasteiger partial charge on any atom is -0.369 e. The van der Waals surface area contributed by atoms with Gasteiger partial charge in [0, 0.05) is 11.6 Å². The predicted molar refractivity (Wildman–Crippen MR) is 53.2 cm³/mol. The van der Waals surface area contributed by atoms with E-state index in [4.69, 9.17) is 0 Å². The van der Waals surface area contributed by atoms with Crippen LogP contribution in [0.5, 0.6) is 0 Å². The average molecular weight is 241 g/mol. The summed E-state index contributed by atoms with van der Waals surface area (Å²) in [7, 11) is 0. The number of para-hydroxylation sites is 1. The number of nitrogens with zero attached hydrogens (tertiary/aromatic N) is 1. The molecule has 0 radical (unpaired) electrons. The number of carbonyl (C=O) groups excluding carboxylic acids is 1. The second-order valence-corrected chi connectivity index (χ2v) is 3.25. The summed E-state index contributed by atoms with van der Waals surface area (Å²) in [6.07, 6.45) is -3.93. The van der Waals surface area contributed by atoms with E-state index in [1.54, 1.807) is 24.3 Å². The maximum absolute atomic E-state index is 11.8. The standard InChI is InChI=1S/C11H6F3NO2/c12-11(13,14)17-10(16)8-5-7-3-1-2-4-9(7)15-6-8/h1-6H. The molecule has 1 heterocycles. The first-order valence-corrected chi connectivity index (χ1v) is 4.60.